The second-order valence-electron chi connectivity index (χ2n) is 31.2. The number of benzene rings is 2. The topological polar surface area (TPSA) is 323 Å². The van der Waals surface area contributed by atoms with Crippen LogP contribution >= 0.6 is 0 Å². The molecule has 2 aromatic carbocycles. The lowest BCUT2D eigenvalue weighted by Gasteiger charge is -2.23. The molecule has 7 aromatic heterocycles. The summed E-state index contributed by atoms with van der Waals surface area (Å²) < 4.78 is 20.3. The minimum atomic E-state index is -0.474. The van der Waals surface area contributed by atoms with Crippen molar-refractivity contribution >= 4 is 34.7 Å². The average molecular weight is 1640 g/mol. The number of aromatic amines is 1. The van der Waals surface area contributed by atoms with Gasteiger partial charge in [0, 0.05) is 107 Å². The number of nitrogens with one attached hydrogen (secondary N) is 1. The number of aryl methyl sites for hydroxylation is 2. The molecule has 2 aliphatic carbocycles. The maximum atomic E-state index is 13.0. The maximum absolute atomic E-state index is 13.0. The van der Waals surface area contributed by atoms with Crippen LogP contribution < -0.4 is 33.4 Å². The van der Waals surface area contributed by atoms with Gasteiger partial charge < -0.3 is 18.7 Å². The Morgan fingerprint density at radius 3 is 1.45 bits per heavy atom. The number of ketones is 6. The number of pyridine rings is 2. The van der Waals surface area contributed by atoms with Crippen molar-refractivity contribution in [1.29, 1.82) is 0 Å². The molecule has 7 heterocycles. The molecular weight excluding hydrogens is 1510 g/mol. The molecule has 0 aliphatic heterocycles. The predicted octanol–water partition coefficient (Wildman–Crippen LogP) is 18.1. The lowest BCUT2D eigenvalue weighted by Crippen LogP contribution is -2.32. The molecule has 9 aromatic rings. The number of Topliss-reactive ketones (excluding diaryl/α,β-unsaturated/α-hetero) is 6. The van der Waals surface area contributed by atoms with E-state index in [0.29, 0.717) is 79.7 Å². The van der Waals surface area contributed by atoms with Gasteiger partial charge in [0.15, 0.2) is 46.1 Å². The summed E-state index contributed by atoms with van der Waals surface area (Å²) in [7, 11) is 1.65. The van der Waals surface area contributed by atoms with Gasteiger partial charge in [0.2, 0.25) is 0 Å². The highest BCUT2D eigenvalue weighted by molar-refractivity contribution is 5.98. The lowest BCUT2D eigenvalue weighted by molar-refractivity contribution is 0.0952. The molecule has 0 atom stereocenters. The monoisotopic (exact) mass is 1640 g/mol. The van der Waals surface area contributed by atoms with E-state index in [1.165, 1.54) is 63.3 Å². The summed E-state index contributed by atoms with van der Waals surface area (Å²) in [5.74, 6) is 0.252. The van der Waals surface area contributed by atoms with Crippen molar-refractivity contribution in [2.24, 2.45) is 42.6 Å². The molecule has 2 fully saturated rings. The van der Waals surface area contributed by atoms with Crippen LogP contribution in [0.3, 0.4) is 0 Å². The summed E-state index contributed by atoms with van der Waals surface area (Å²) >= 11 is 0. The maximum Gasteiger partial charge on any atom is 0.282 e. The van der Waals surface area contributed by atoms with E-state index in [2.05, 4.69) is 35.1 Å². The fraction of sp³-hybridized carbons (Fsp3) is 0.489. The Hall–Kier alpha value is -11.1. The van der Waals surface area contributed by atoms with Crippen molar-refractivity contribution in [3.8, 4) is 5.69 Å². The number of aromatic nitrogens is 12. The third kappa shape index (κ3) is 34.8. The quantitative estimate of drug-likeness (QED) is 0.0519. The highest BCUT2D eigenvalue weighted by Crippen LogP contribution is 2.28. The minimum absolute atomic E-state index is 0.00973. The number of halogens is 1. The van der Waals surface area contributed by atoms with Gasteiger partial charge >= 0.3 is 0 Å². The molecule has 0 unspecified atom stereocenters. The van der Waals surface area contributed by atoms with E-state index in [0.717, 1.165) is 67.3 Å². The fourth-order valence-corrected chi connectivity index (χ4v) is 12.7. The Balaban J connectivity index is 0.000000365. The van der Waals surface area contributed by atoms with Crippen LogP contribution in [-0.4, -0.2) is 92.9 Å². The standard InChI is InChI=1S/C16H17FN2O2.C16H18N2O2.C15H17N3O2.2C15H22N2O2.C11H15NO2.3C2H6/c1-10(2)8-15(20)14-9-11(3)18-19(16(14)21)13-6-4-12(17)5-7-13;1-11(2)8-14(19)15-16(20)18-13(10-17-15)9-12-6-4-3-5-7-12;1-11(2)8-14(19)13-4-3-7-18(15(13)20)9-12-5-6-16-10-17-12;1-11(2)10-13(18)14-15(19)17(9-8-16-14)12-6-4-3-5-7-12;1-11(2)10-14(18)13-8-9-16-17(15(13)19)12-6-4-3-5-7-12;1-8(2)7-10(13)9-5-4-6-12(3)11(9)14;3*1-2/h4-7,9-10H,8H2,1-3H3;3-7,10-11H,8-9H2,1-2H3,(H,18,20);3-7,10-11H,8-9H2,1-2H3;2*8-9,11-12H,3-7,10H2,1-2H3;4-6,8H,7H2,1-3H3;3*1-2H3. The number of rotatable bonds is 25. The number of hydrogen-bond donors (Lipinski definition) is 1. The third-order valence-corrected chi connectivity index (χ3v) is 18.2. The van der Waals surface area contributed by atoms with Crippen molar-refractivity contribution in [2.75, 3.05) is 0 Å². The molecule has 25 heteroatoms. The first-order valence-electron chi connectivity index (χ1n) is 42.2. The van der Waals surface area contributed by atoms with Crippen LogP contribution in [-0.2, 0) is 20.0 Å². The summed E-state index contributed by atoms with van der Waals surface area (Å²) in [6, 6.07) is 27.1. The first-order valence-corrected chi connectivity index (χ1v) is 42.2. The van der Waals surface area contributed by atoms with Gasteiger partial charge in [0.25, 0.3) is 33.4 Å². The highest BCUT2D eigenvalue weighted by atomic mass is 19.1. The zero-order chi connectivity index (χ0) is 89.0. The smallest absolute Gasteiger partial charge is 0.282 e. The Labute approximate surface area is 701 Å². The average Bonchev–Trinajstić information content (AvgIpc) is 0.795. The lowest BCUT2D eigenvalue weighted by atomic mass is 9.95. The van der Waals surface area contributed by atoms with E-state index in [-0.39, 0.29) is 127 Å². The first-order chi connectivity index (χ1) is 56.7. The predicted molar refractivity (Wildman–Crippen MR) is 470 cm³/mol. The number of hydrogen-bond acceptors (Lipinski definition) is 18. The van der Waals surface area contributed by atoms with Crippen molar-refractivity contribution < 1.29 is 33.2 Å². The fourth-order valence-electron chi connectivity index (χ4n) is 12.7. The summed E-state index contributed by atoms with van der Waals surface area (Å²) in [4.78, 5) is 163. The number of carbonyl (C=O) groups is 6. The second-order valence-corrected chi connectivity index (χ2v) is 31.2. The number of nitrogens with zero attached hydrogens (tertiary/aromatic N) is 11. The van der Waals surface area contributed by atoms with E-state index in [1.807, 2.05) is 155 Å². The van der Waals surface area contributed by atoms with Crippen LogP contribution in [0.5, 0.6) is 0 Å². The summed E-state index contributed by atoms with van der Waals surface area (Å²) in [6.45, 7) is 37.5. The van der Waals surface area contributed by atoms with Gasteiger partial charge in [-0.2, -0.15) is 14.9 Å². The van der Waals surface area contributed by atoms with E-state index < -0.39 is 16.9 Å². The molecule has 0 bridgehead atoms. The molecule has 0 spiro atoms. The van der Waals surface area contributed by atoms with Gasteiger partial charge in [0.05, 0.1) is 51.9 Å². The first kappa shape index (κ1) is 102. The second kappa shape index (κ2) is 54.1. The number of carbonyl (C=O) groups excluding carboxylic acids is 6. The van der Waals surface area contributed by atoms with E-state index in [4.69, 9.17) is 0 Å². The van der Waals surface area contributed by atoms with Crippen LogP contribution in [0.15, 0.2) is 176 Å². The van der Waals surface area contributed by atoms with Gasteiger partial charge in [-0.05, 0) is 140 Å². The molecule has 0 amide bonds. The molecule has 11 rings (SSSR count). The van der Waals surface area contributed by atoms with Crippen LogP contribution in [0.2, 0.25) is 0 Å². The summed E-state index contributed by atoms with van der Waals surface area (Å²) in [5, 5.41) is 8.30. The van der Waals surface area contributed by atoms with Gasteiger partial charge in [-0.15, -0.1) is 0 Å². The Morgan fingerprint density at radius 2 is 0.941 bits per heavy atom. The Kier molecular flexibility index (Phi) is 46.4. The molecule has 0 radical (unpaired) electrons. The number of H-pyrrole nitrogens is 1. The molecule has 2 aliphatic rings. The van der Waals surface area contributed by atoms with E-state index in [1.54, 1.807) is 98.3 Å². The van der Waals surface area contributed by atoms with Crippen LogP contribution in [0.1, 0.15) is 324 Å². The van der Waals surface area contributed by atoms with Gasteiger partial charge in [-0.3, -0.25) is 57.5 Å². The van der Waals surface area contributed by atoms with Gasteiger partial charge in [-0.25, -0.2) is 29.0 Å². The molecule has 0 saturated heterocycles. The van der Waals surface area contributed by atoms with Crippen LogP contribution in [0, 0.1) is 48.2 Å². The van der Waals surface area contributed by atoms with Gasteiger partial charge in [0.1, 0.15) is 12.1 Å². The van der Waals surface area contributed by atoms with Crippen molar-refractivity contribution in [3.63, 3.8) is 0 Å². The summed E-state index contributed by atoms with van der Waals surface area (Å²) in [5.41, 5.74) is 2.85. The molecular formula is C94H129FN12O12. The van der Waals surface area contributed by atoms with E-state index >= 15 is 0 Å². The molecule has 1 N–H and O–H groups in total. The molecule has 24 nitrogen and oxygen atoms in total. The van der Waals surface area contributed by atoms with E-state index in [9.17, 15) is 61.9 Å². The van der Waals surface area contributed by atoms with Crippen molar-refractivity contribution in [2.45, 2.75) is 259 Å². The largest absolute Gasteiger partial charge is 0.322 e. The zero-order valence-corrected chi connectivity index (χ0v) is 73.9. The Morgan fingerprint density at radius 1 is 0.462 bits per heavy atom. The molecule has 119 heavy (non-hydrogen) atoms. The highest BCUT2D eigenvalue weighted by Gasteiger charge is 2.25. The Bertz CT molecular complexity index is 4920. The summed E-state index contributed by atoms with van der Waals surface area (Å²) in [6.07, 6.45) is 26.8. The van der Waals surface area contributed by atoms with Crippen molar-refractivity contribution in [1.82, 2.24) is 58.2 Å². The third-order valence-electron chi connectivity index (χ3n) is 18.2. The normalized spacial score (nSPS) is 12.3. The molecule has 644 valence electrons. The SMILES string of the molecule is CC.CC.CC.CC(C)CC(=O)c1cccn(C)c1=O.CC(C)CC(=O)c1cccn(Cc2ccncn2)c1=O.CC(C)CC(=O)c1ccnn(C2CCCCC2)c1=O.CC(C)CC(=O)c1ncc(Cc2ccccc2)[nH]c1=O.CC(C)CC(=O)c1nccn(C2CCCCC2)c1=O.Cc1cc(C(=O)CC(C)C)c(=O)n(-c2ccc(F)cc2)n1. The van der Waals surface area contributed by atoms with Crippen LogP contribution in [0.25, 0.3) is 5.69 Å². The zero-order valence-electron chi connectivity index (χ0n) is 73.9. The minimum Gasteiger partial charge on any atom is -0.322 e. The van der Waals surface area contributed by atoms with Gasteiger partial charge in [-0.1, -0.05) is 193 Å². The molecule has 2 saturated carbocycles. The van der Waals surface area contributed by atoms with Crippen LogP contribution in [0.4, 0.5) is 4.39 Å². The van der Waals surface area contributed by atoms with Crippen molar-refractivity contribution in [3.05, 3.63) is 271 Å².